The highest BCUT2D eigenvalue weighted by Gasteiger charge is 2.49. The summed E-state index contributed by atoms with van der Waals surface area (Å²) in [4.78, 5) is 18.2. The molecule has 11 heteroatoms. The highest BCUT2D eigenvalue weighted by Crippen LogP contribution is 2.49. The third-order valence-corrected chi connectivity index (χ3v) is 10.5. The summed E-state index contributed by atoms with van der Waals surface area (Å²) in [5.74, 6) is 0.486. The smallest absolute Gasteiger partial charge is 0.319 e. The lowest BCUT2D eigenvalue weighted by molar-refractivity contribution is 0.107. The molecule has 2 aliphatic carbocycles. The second-order valence-electron chi connectivity index (χ2n) is 13.1. The van der Waals surface area contributed by atoms with Crippen LogP contribution < -0.4 is 9.64 Å². The number of phenols is 1. The van der Waals surface area contributed by atoms with E-state index in [0.717, 1.165) is 50.6 Å². The number of hydrogen-bond acceptors (Lipinski definition) is 8. The predicted octanol–water partition coefficient (Wildman–Crippen LogP) is 5.23. The number of alkyl halides is 1. The van der Waals surface area contributed by atoms with Crippen molar-refractivity contribution < 1.29 is 23.7 Å². The quantitative estimate of drug-likeness (QED) is 0.399. The molecule has 3 aromatic rings. The van der Waals surface area contributed by atoms with Crippen molar-refractivity contribution in [3.63, 3.8) is 0 Å². The van der Waals surface area contributed by atoms with Crippen molar-refractivity contribution >= 4 is 28.3 Å². The minimum absolute atomic E-state index is 0.0481. The number of benzene rings is 1. The zero-order valence-electron chi connectivity index (χ0n) is 23.3. The van der Waals surface area contributed by atoms with Gasteiger partial charge in [0.1, 0.15) is 35.6 Å². The Hall–Kier alpha value is -2.82. The van der Waals surface area contributed by atoms with Gasteiger partial charge in [-0.3, -0.25) is 9.88 Å². The molecule has 0 amide bonds. The third-order valence-electron chi connectivity index (χ3n) is 10.2. The molecule has 222 valence electrons. The highest BCUT2D eigenvalue weighted by molar-refractivity contribution is 6.32. The molecule has 8 nitrogen and oxygen atoms in total. The van der Waals surface area contributed by atoms with Crippen LogP contribution in [0.4, 0.5) is 14.6 Å². The third kappa shape index (κ3) is 4.40. The van der Waals surface area contributed by atoms with E-state index in [2.05, 4.69) is 19.8 Å². The maximum atomic E-state index is 16.6. The fourth-order valence-electron chi connectivity index (χ4n) is 8.15. The molecule has 8 rings (SSSR count). The second-order valence-corrected chi connectivity index (χ2v) is 13.5. The number of pyridine rings is 1. The van der Waals surface area contributed by atoms with Crippen molar-refractivity contribution in [2.24, 2.45) is 11.8 Å². The molecule has 5 heterocycles. The van der Waals surface area contributed by atoms with Gasteiger partial charge in [-0.25, -0.2) is 8.78 Å². The first-order valence-corrected chi connectivity index (χ1v) is 15.5. The summed E-state index contributed by atoms with van der Waals surface area (Å²) >= 11 is 6.53. The molecule has 2 N–H and O–H groups in total. The summed E-state index contributed by atoms with van der Waals surface area (Å²) in [6.07, 6.45) is 6.17. The minimum atomic E-state index is -0.891. The van der Waals surface area contributed by atoms with E-state index in [1.807, 2.05) is 0 Å². The van der Waals surface area contributed by atoms with E-state index in [4.69, 9.17) is 21.3 Å². The number of halogens is 3. The van der Waals surface area contributed by atoms with Gasteiger partial charge in [-0.2, -0.15) is 9.97 Å². The lowest BCUT2D eigenvalue weighted by Crippen LogP contribution is -2.43. The van der Waals surface area contributed by atoms with Gasteiger partial charge in [0.2, 0.25) is 0 Å². The Bertz CT molecular complexity index is 1570. The van der Waals surface area contributed by atoms with Gasteiger partial charge in [0, 0.05) is 48.8 Å². The first-order chi connectivity index (χ1) is 20.3. The number of anilines is 1. The van der Waals surface area contributed by atoms with Crippen LogP contribution in [0.1, 0.15) is 56.4 Å². The van der Waals surface area contributed by atoms with Gasteiger partial charge in [0.05, 0.1) is 17.0 Å². The minimum Gasteiger partial charge on any atom is -0.508 e. The predicted molar refractivity (Wildman–Crippen MR) is 154 cm³/mol. The van der Waals surface area contributed by atoms with Crippen LogP contribution in [0.3, 0.4) is 0 Å². The van der Waals surface area contributed by atoms with E-state index in [9.17, 15) is 14.6 Å². The number of aliphatic hydroxyl groups excluding tert-OH is 1. The number of fused-ring (bicyclic) bond motifs is 4. The number of phenolic OH excluding ortho intramolecular Hbond substituents is 1. The first kappa shape index (κ1) is 26.8. The van der Waals surface area contributed by atoms with Gasteiger partial charge in [0.15, 0.2) is 5.82 Å². The molecule has 3 unspecified atom stereocenters. The molecule has 2 bridgehead atoms. The SMILES string of the molecule is Oc1cc(Cl)c(C2CC2)c(-c2ncc3c(N4CC5CC(O)C(C5)C4)nc(OC[C@@]45CCCN4C[C@H](F)C5)nc3c2F)c1. The molecule has 2 aromatic heterocycles. The fraction of sp³-hybridized carbons (Fsp3) is 0.581. The van der Waals surface area contributed by atoms with Crippen LogP contribution in [-0.2, 0) is 0 Å². The van der Waals surface area contributed by atoms with Crippen LogP contribution in [-0.4, -0.2) is 80.7 Å². The van der Waals surface area contributed by atoms with Crippen molar-refractivity contribution in [1.29, 1.82) is 0 Å². The molecule has 42 heavy (non-hydrogen) atoms. The summed E-state index contributed by atoms with van der Waals surface area (Å²) in [6.45, 7) is 2.77. The molecule has 2 saturated carbocycles. The van der Waals surface area contributed by atoms with Gasteiger partial charge in [0.25, 0.3) is 0 Å². The Kier molecular flexibility index (Phi) is 6.28. The molecule has 1 aromatic carbocycles. The molecule has 3 aliphatic heterocycles. The standard InChI is InChI=1S/C31H34ClF2N5O3/c32-23-9-20(40)8-21(25(23)17-2-3-17)27-26(34)28-22(11-35-27)29(38-12-16-6-18(13-38)24(41)7-16)37-30(36-28)42-15-31-4-1-5-39(31)14-19(33)10-31/h8-9,11,16-19,24,40-41H,1-7,10,12-15H2/t16?,18?,19-,24?,31+/m1/s1. The zero-order valence-corrected chi connectivity index (χ0v) is 24.0. The number of aromatic nitrogens is 3. The van der Waals surface area contributed by atoms with Crippen LogP contribution in [0.2, 0.25) is 5.02 Å². The normalized spacial score (nSPS) is 30.8. The van der Waals surface area contributed by atoms with E-state index < -0.39 is 17.5 Å². The van der Waals surface area contributed by atoms with Gasteiger partial charge < -0.3 is 19.8 Å². The van der Waals surface area contributed by atoms with E-state index in [1.165, 1.54) is 12.1 Å². The lowest BCUT2D eigenvalue weighted by Gasteiger charge is -2.34. The maximum Gasteiger partial charge on any atom is 0.319 e. The molecular formula is C31H34ClF2N5O3. The zero-order chi connectivity index (χ0) is 28.7. The molecule has 0 spiro atoms. The van der Waals surface area contributed by atoms with Crippen LogP contribution >= 0.6 is 11.6 Å². The van der Waals surface area contributed by atoms with Gasteiger partial charge >= 0.3 is 6.01 Å². The summed E-state index contributed by atoms with van der Waals surface area (Å²) in [5.41, 5.74) is 1.00. The second kappa shape index (κ2) is 9.86. The number of aromatic hydroxyl groups is 1. The van der Waals surface area contributed by atoms with Gasteiger partial charge in [-0.1, -0.05) is 11.6 Å². The van der Waals surface area contributed by atoms with Crippen LogP contribution in [0.15, 0.2) is 18.3 Å². The summed E-state index contributed by atoms with van der Waals surface area (Å²) in [5, 5.41) is 21.8. The maximum absolute atomic E-state index is 16.6. The van der Waals surface area contributed by atoms with Crippen molar-refractivity contribution in [1.82, 2.24) is 19.9 Å². The van der Waals surface area contributed by atoms with Gasteiger partial charge in [-0.05, 0) is 74.6 Å². The average molecular weight is 598 g/mol. The largest absolute Gasteiger partial charge is 0.508 e. The van der Waals surface area contributed by atoms with Crippen LogP contribution in [0.25, 0.3) is 22.2 Å². The molecule has 5 atom stereocenters. The van der Waals surface area contributed by atoms with Crippen molar-refractivity contribution in [3.8, 4) is 23.0 Å². The molecule has 5 aliphatic rings. The molecule has 3 saturated heterocycles. The number of piperidine rings is 1. The Morgan fingerprint density at radius 1 is 1.14 bits per heavy atom. The van der Waals surface area contributed by atoms with Crippen molar-refractivity contribution in [2.75, 3.05) is 37.7 Å². The van der Waals surface area contributed by atoms with Crippen molar-refractivity contribution in [2.45, 2.75) is 68.7 Å². The topological polar surface area (TPSA) is 94.8 Å². The fourth-order valence-corrected chi connectivity index (χ4v) is 8.52. The number of hydrogen-bond donors (Lipinski definition) is 2. The lowest BCUT2D eigenvalue weighted by atomic mass is 9.95. The number of aliphatic hydroxyl groups is 1. The Labute approximate surface area is 247 Å². The number of ether oxygens (including phenoxy) is 1. The molecule has 0 radical (unpaired) electrons. The van der Waals surface area contributed by atoms with Crippen LogP contribution in [0, 0.1) is 17.7 Å². The molecular weight excluding hydrogens is 564 g/mol. The van der Waals surface area contributed by atoms with E-state index in [-0.39, 0.29) is 47.5 Å². The monoisotopic (exact) mass is 597 g/mol. The Morgan fingerprint density at radius 3 is 2.81 bits per heavy atom. The first-order valence-electron chi connectivity index (χ1n) is 15.1. The number of nitrogens with zero attached hydrogens (tertiary/aromatic N) is 5. The van der Waals surface area contributed by atoms with Crippen molar-refractivity contribution in [3.05, 3.63) is 34.7 Å². The van der Waals surface area contributed by atoms with E-state index >= 15 is 4.39 Å². The summed E-state index contributed by atoms with van der Waals surface area (Å²) in [7, 11) is 0. The Morgan fingerprint density at radius 2 is 2.00 bits per heavy atom. The van der Waals surface area contributed by atoms with E-state index in [0.29, 0.717) is 53.8 Å². The van der Waals surface area contributed by atoms with Gasteiger partial charge in [-0.15, -0.1) is 0 Å². The number of rotatable bonds is 6. The average Bonchev–Trinajstić information content (AvgIpc) is 3.57. The van der Waals surface area contributed by atoms with Crippen LogP contribution in [0.5, 0.6) is 11.8 Å². The Balaban J connectivity index is 1.23. The summed E-state index contributed by atoms with van der Waals surface area (Å²) in [6, 6.07) is 3.05. The summed E-state index contributed by atoms with van der Waals surface area (Å²) < 4.78 is 37.2. The highest BCUT2D eigenvalue weighted by atomic mass is 35.5. The van der Waals surface area contributed by atoms with E-state index in [1.54, 1.807) is 6.20 Å². The molecule has 5 fully saturated rings.